The van der Waals surface area contributed by atoms with Crippen LogP contribution in [-0.4, -0.2) is 13.6 Å². The summed E-state index contributed by atoms with van der Waals surface area (Å²) in [6, 6.07) is 4.10. The molecule has 1 aromatic rings. The van der Waals surface area contributed by atoms with Crippen LogP contribution in [0.1, 0.15) is 37.7 Å². The van der Waals surface area contributed by atoms with E-state index >= 15 is 0 Å². The van der Waals surface area contributed by atoms with Crippen molar-refractivity contribution in [3.8, 4) is 0 Å². The standard InChI is InChI=1S/C16H21F2N/c1-19-11-14(13-5-3-2-4-6-13)9-12-7-8-15(17)16(18)10-12/h7-10,13,19H,2-6,11H2,1H3. The minimum absolute atomic E-state index is 0.578. The Hall–Kier alpha value is -1.22. The Bertz CT molecular complexity index is 448. The van der Waals surface area contributed by atoms with Gasteiger partial charge in [-0.15, -0.1) is 0 Å². The van der Waals surface area contributed by atoms with Crippen molar-refractivity contribution in [1.82, 2.24) is 5.32 Å². The third kappa shape index (κ3) is 3.87. The molecule has 0 atom stereocenters. The third-order valence-corrected chi connectivity index (χ3v) is 3.81. The van der Waals surface area contributed by atoms with Crippen LogP contribution in [0.25, 0.3) is 6.08 Å². The average molecular weight is 265 g/mol. The molecule has 3 heteroatoms. The molecular weight excluding hydrogens is 244 g/mol. The summed E-state index contributed by atoms with van der Waals surface area (Å²) >= 11 is 0. The molecule has 0 spiro atoms. The Labute approximate surface area is 113 Å². The van der Waals surface area contributed by atoms with E-state index in [4.69, 9.17) is 0 Å². The Balaban J connectivity index is 2.20. The monoisotopic (exact) mass is 265 g/mol. The van der Waals surface area contributed by atoms with E-state index < -0.39 is 11.6 Å². The van der Waals surface area contributed by atoms with Crippen LogP contribution in [0, 0.1) is 17.6 Å². The zero-order valence-corrected chi connectivity index (χ0v) is 11.4. The largest absolute Gasteiger partial charge is 0.316 e. The third-order valence-electron chi connectivity index (χ3n) is 3.81. The highest BCUT2D eigenvalue weighted by Crippen LogP contribution is 2.30. The van der Waals surface area contributed by atoms with Crippen molar-refractivity contribution in [2.24, 2.45) is 5.92 Å². The van der Waals surface area contributed by atoms with Gasteiger partial charge in [0.05, 0.1) is 0 Å². The molecule has 0 radical (unpaired) electrons. The Kier molecular flexibility index (Phi) is 5.08. The second-order valence-corrected chi connectivity index (χ2v) is 5.26. The zero-order chi connectivity index (χ0) is 13.7. The summed E-state index contributed by atoms with van der Waals surface area (Å²) in [6.07, 6.45) is 8.27. The van der Waals surface area contributed by atoms with E-state index in [1.165, 1.54) is 49.8 Å². The first kappa shape index (κ1) is 14.2. The van der Waals surface area contributed by atoms with Gasteiger partial charge in [-0.25, -0.2) is 8.78 Å². The summed E-state index contributed by atoms with van der Waals surface area (Å²) in [5.41, 5.74) is 2.04. The zero-order valence-electron chi connectivity index (χ0n) is 11.4. The molecule has 0 bridgehead atoms. The number of rotatable bonds is 4. The highest BCUT2D eigenvalue weighted by molar-refractivity contribution is 5.54. The van der Waals surface area contributed by atoms with Gasteiger partial charge in [0.2, 0.25) is 0 Å². The summed E-state index contributed by atoms with van der Waals surface area (Å²) in [4.78, 5) is 0. The van der Waals surface area contributed by atoms with E-state index in [0.29, 0.717) is 5.92 Å². The van der Waals surface area contributed by atoms with Gasteiger partial charge in [0.1, 0.15) is 0 Å². The summed E-state index contributed by atoms with van der Waals surface area (Å²) < 4.78 is 26.2. The summed E-state index contributed by atoms with van der Waals surface area (Å²) in [5, 5.41) is 3.18. The summed E-state index contributed by atoms with van der Waals surface area (Å²) in [7, 11) is 1.92. The highest BCUT2D eigenvalue weighted by atomic mass is 19.2. The fraction of sp³-hybridized carbons (Fsp3) is 0.500. The first-order valence-corrected chi connectivity index (χ1v) is 7.01. The molecule has 0 unspecified atom stereocenters. The number of likely N-dealkylation sites (N-methyl/N-ethyl adjacent to an activating group) is 1. The minimum Gasteiger partial charge on any atom is -0.316 e. The molecule has 1 aromatic carbocycles. The SMILES string of the molecule is CNCC(=Cc1ccc(F)c(F)c1)C1CCCCC1. The topological polar surface area (TPSA) is 12.0 Å². The van der Waals surface area contributed by atoms with E-state index in [9.17, 15) is 8.78 Å². The van der Waals surface area contributed by atoms with Crippen LogP contribution in [-0.2, 0) is 0 Å². The van der Waals surface area contributed by atoms with E-state index in [1.807, 2.05) is 13.1 Å². The second kappa shape index (κ2) is 6.80. The van der Waals surface area contributed by atoms with Crippen molar-refractivity contribution in [3.05, 3.63) is 41.0 Å². The summed E-state index contributed by atoms with van der Waals surface area (Å²) in [5.74, 6) is -0.986. The molecule has 0 heterocycles. The van der Waals surface area contributed by atoms with Gasteiger partial charge in [0.25, 0.3) is 0 Å². The maximum atomic E-state index is 13.2. The molecule has 2 rings (SSSR count). The molecule has 0 saturated heterocycles. The van der Waals surface area contributed by atoms with Crippen molar-refractivity contribution >= 4 is 6.08 Å². The molecule has 104 valence electrons. The smallest absolute Gasteiger partial charge is 0.159 e. The van der Waals surface area contributed by atoms with E-state index in [2.05, 4.69) is 5.32 Å². The van der Waals surface area contributed by atoms with Crippen molar-refractivity contribution in [2.45, 2.75) is 32.1 Å². The number of hydrogen-bond acceptors (Lipinski definition) is 1. The Morgan fingerprint density at radius 1 is 1.21 bits per heavy atom. The molecule has 1 N–H and O–H groups in total. The average Bonchev–Trinajstić information content (AvgIpc) is 2.43. The first-order chi connectivity index (χ1) is 9.20. The van der Waals surface area contributed by atoms with Gasteiger partial charge in [0.15, 0.2) is 11.6 Å². The predicted molar refractivity (Wildman–Crippen MR) is 74.8 cm³/mol. The molecule has 0 aromatic heterocycles. The van der Waals surface area contributed by atoms with Gasteiger partial charge in [-0.2, -0.15) is 0 Å². The highest BCUT2D eigenvalue weighted by Gasteiger charge is 2.17. The van der Waals surface area contributed by atoms with Gasteiger partial charge in [0, 0.05) is 6.54 Å². The molecule has 1 aliphatic carbocycles. The lowest BCUT2D eigenvalue weighted by Gasteiger charge is -2.24. The molecule has 0 aliphatic heterocycles. The van der Waals surface area contributed by atoms with E-state index in [-0.39, 0.29) is 0 Å². The van der Waals surface area contributed by atoms with Crippen LogP contribution in [0.2, 0.25) is 0 Å². The minimum atomic E-state index is -0.787. The molecule has 1 saturated carbocycles. The van der Waals surface area contributed by atoms with Crippen LogP contribution >= 0.6 is 0 Å². The molecule has 1 aliphatic rings. The normalized spacial score (nSPS) is 17.7. The summed E-state index contributed by atoms with van der Waals surface area (Å²) in [6.45, 7) is 0.809. The van der Waals surface area contributed by atoms with Gasteiger partial charge in [-0.05, 0) is 43.5 Å². The van der Waals surface area contributed by atoms with Gasteiger partial charge < -0.3 is 5.32 Å². The van der Waals surface area contributed by atoms with Gasteiger partial charge in [-0.1, -0.05) is 37.0 Å². The fourth-order valence-corrected chi connectivity index (χ4v) is 2.81. The second-order valence-electron chi connectivity index (χ2n) is 5.26. The molecule has 19 heavy (non-hydrogen) atoms. The quantitative estimate of drug-likeness (QED) is 0.862. The molecule has 0 amide bonds. The van der Waals surface area contributed by atoms with Crippen LogP contribution < -0.4 is 5.32 Å². The van der Waals surface area contributed by atoms with Crippen molar-refractivity contribution in [1.29, 1.82) is 0 Å². The number of benzene rings is 1. The predicted octanol–water partition coefficient (Wildman–Crippen LogP) is 4.15. The van der Waals surface area contributed by atoms with Crippen molar-refractivity contribution in [2.75, 3.05) is 13.6 Å². The molecule has 1 fully saturated rings. The van der Waals surface area contributed by atoms with Gasteiger partial charge in [-0.3, -0.25) is 0 Å². The maximum absolute atomic E-state index is 13.2. The van der Waals surface area contributed by atoms with Crippen LogP contribution in [0.4, 0.5) is 8.78 Å². The van der Waals surface area contributed by atoms with Crippen LogP contribution in [0.15, 0.2) is 23.8 Å². The number of nitrogens with one attached hydrogen (secondary N) is 1. The van der Waals surface area contributed by atoms with Crippen LogP contribution in [0.3, 0.4) is 0 Å². The van der Waals surface area contributed by atoms with Crippen LogP contribution in [0.5, 0.6) is 0 Å². The molecule has 1 nitrogen and oxygen atoms in total. The number of hydrogen-bond donors (Lipinski definition) is 1. The maximum Gasteiger partial charge on any atom is 0.159 e. The van der Waals surface area contributed by atoms with E-state index in [0.717, 1.165) is 12.1 Å². The van der Waals surface area contributed by atoms with Crippen molar-refractivity contribution < 1.29 is 8.78 Å². The van der Waals surface area contributed by atoms with Crippen molar-refractivity contribution in [3.63, 3.8) is 0 Å². The first-order valence-electron chi connectivity index (χ1n) is 7.01. The Morgan fingerprint density at radius 3 is 2.58 bits per heavy atom. The van der Waals surface area contributed by atoms with E-state index in [1.54, 1.807) is 6.07 Å². The lowest BCUT2D eigenvalue weighted by atomic mass is 9.83. The number of halogens is 2. The fourth-order valence-electron chi connectivity index (χ4n) is 2.81. The Morgan fingerprint density at radius 2 is 1.95 bits per heavy atom. The molecular formula is C16H21F2N. The lowest BCUT2D eigenvalue weighted by molar-refractivity contribution is 0.398. The lowest BCUT2D eigenvalue weighted by Crippen LogP contribution is -2.19. The van der Waals surface area contributed by atoms with Gasteiger partial charge >= 0.3 is 0 Å².